The fourth-order valence-electron chi connectivity index (χ4n) is 4.37. The molecule has 0 radical (unpaired) electrons. The maximum Gasteiger partial charge on any atom is 0.341 e. The van der Waals surface area contributed by atoms with Crippen molar-refractivity contribution < 1.29 is 19.1 Å². The van der Waals surface area contributed by atoms with Crippen LogP contribution >= 0.6 is 23.1 Å². The molecule has 0 unspecified atom stereocenters. The van der Waals surface area contributed by atoms with Crippen molar-refractivity contribution in [3.8, 4) is 22.6 Å². The molecule has 208 valence electrons. The Labute approximate surface area is 244 Å². The van der Waals surface area contributed by atoms with Gasteiger partial charge in [0.2, 0.25) is 5.91 Å². The maximum absolute atomic E-state index is 12.9. The molecule has 0 bridgehead atoms. The zero-order valence-corrected chi connectivity index (χ0v) is 24.1. The smallest absolute Gasteiger partial charge is 0.341 e. The van der Waals surface area contributed by atoms with E-state index < -0.39 is 11.9 Å². The number of para-hydroxylation sites is 1. The molecule has 3 heterocycles. The number of thiophene rings is 1. The van der Waals surface area contributed by atoms with Crippen molar-refractivity contribution in [1.29, 1.82) is 0 Å². The number of benzene rings is 2. The van der Waals surface area contributed by atoms with Gasteiger partial charge in [0.25, 0.3) is 5.91 Å². The Morgan fingerprint density at radius 3 is 2.54 bits per heavy atom. The van der Waals surface area contributed by atoms with E-state index in [9.17, 15) is 14.4 Å². The molecule has 2 amide bonds. The number of fused-ring (bicyclic) bond motifs is 1. The molecule has 0 aliphatic heterocycles. The van der Waals surface area contributed by atoms with E-state index in [2.05, 4.69) is 15.5 Å². The molecule has 12 heteroatoms. The standard InChI is InChI=1S/C29H26N6O4S2/c1-4-39-28(38)23-16(2)24(25(30)37)41-27(23)32-22(36)15-40-29-34-33-26(35(29)3)19-14-21(17-10-6-5-7-11-17)31-20-13-9-8-12-18(19)20/h5-14H,4,15H2,1-3H3,(H2,30,37)(H,32,36). The van der Waals surface area contributed by atoms with Crippen LogP contribution in [0, 0.1) is 6.92 Å². The van der Waals surface area contributed by atoms with Gasteiger partial charge < -0.3 is 20.4 Å². The number of thioether (sulfide) groups is 1. The summed E-state index contributed by atoms with van der Waals surface area (Å²) < 4.78 is 6.95. The first kappa shape index (κ1) is 28.0. The summed E-state index contributed by atoms with van der Waals surface area (Å²) in [7, 11) is 1.84. The van der Waals surface area contributed by atoms with E-state index in [4.69, 9.17) is 15.5 Å². The van der Waals surface area contributed by atoms with Gasteiger partial charge in [0, 0.05) is 23.6 Å². The van der Waals surface area contributed by atoms with Crippen LogP contribution in [0.2, 0.25) is 0 Å². The molecule has 5 rings (SSSR count). The lowest BCUT2D eigenvalue weighted by atomic mass is 10.0. The number of hydrogen-bond acceptors (Lipinski definition) is 9. The van der Waals surface area contributed by atoms with Crippen LogP contribution in [0.3, 0.4) is 0 Å². The number of aromatic nitrogens is 4. The van der Waals surface area contributed by atoms with Gasteiger partial charge >= 0.3 is 5.97 Å². The number of pyridine rings is 1. The topological polar surface area (TPSA) is 142 Å². The van der Waals surface area contributed by atoms with Gasteiger partial charge in [0.15, 0.2) is 11.0 Å². The highest BCUT2D eigenvalue weighted by atomic mass is 32.2. The predicted molar refractivity (Wildman–Crippen MR) is 160 cm³/mol. The number of nitrogens with zero attached hydrogens (tertiary/aromatic N) is 4. The fourth-order valence-corrected chi connectivity index (χ4v) is 6.15. The molecule has 41 heavy (non-hydrogen) atoms. The van der Waals surface area contributed by atoms with Crippen molar-refractivity contribution in [1.82, 2.24) is 19.7 Å². The van der Waals surface area contributed by atoms with Crippen LogP contribution in [0.5, 0.6) is 0 Å². The minimum atomic E-state index is -0.682. The largest absolute Gasteiger partial charge is 0.462 e. The highest BCUT2D eigenvalue weighted by Gasteiger charge is 2.26. The zero-order valence-electron chi connectivity index (χ0n) is 22.5. The Balaban J connectivity index is 1.39. The highest BCUT2D eigenvalue weighted by molar-refractivity contribution is 7.99. The number of carbonyl (C=O) groups is 3. The Morgan fingerprint density at radius 1 is 1.07 bits per heavy atom. The fraction of sp³-hybridized carbons (Fsp3) is 0.172. The van der Waals surface area contributed by atoms with Crippen molar-refractivity contribution in [2.45, 2.75) is 19.0 Å². The summed E-state index contributed by atoms with van der Waals surface area (Å²) in [6, 6.07) is 19.8. The number of rotatable bonds is 9. The summed E-state index contributed by atoms with van der Waals surface area (Å²) in [6.45, 7) is 3.42. The number of carbonyl (C=O) groups excluding carboxylic acids is 3. The molecular formula is C29H26N6O4S2. The second kappa shape index (κ2) is 11.9. The van der Waals surface area contributed by atoms with Crippen LogP contribution in [-0.4, -0.2) is 49.9 Å². The molecular weight excluding hydrogens is 560 g/mol. The molecule has 3 aromatic heterocycles. The predicted octanol–water partition coefficient (Wildman–Crippen LogP) is 5.07. The molecule has 10 nitrogen and oxygen atoms in total. The molecule has 0 aliphatic carbocycles. The van der Waals surface area contributed by atoms with Gasteiger partial charge in [0.05, 0.1) is 34.0 Å². The molecule has 2 aromatic carbocycles. The third-order valence-corrected chi connectivity index (χ3v) is 8.54. The lowest BCUT2D eigenvalue weighted by Crippen LogP contribution is -2.17. The van der Waals surface area contributed by atoms with Crippen LogP contribution in [-0.2, 0) is 16.6 Å². The van der Waals surface area contributed by atoms with Gasteiger partial charge in [-0.15, -0.1) is 21.5 Å². The van der Waals surface area contributed by atoms with E-state index in [1.165, 1.54) is 11.8 Å². The van der Waals surface area contributed by atoms with E-state index in [1.54, 1.807) is 13.8 Å². The monoisotopic (exact) mass is 586 g/mol. The van der Waals surface area contributed by atoms with E-state index >= 15 is 0 Å². The van der Waals surface area contributed by atoms with Crippen LogP contribution in [0.1, 0.15) is 32.5 Å². The van der Waals surface area contributed by atoms with E-state index in [1.807, 2.05) is 72.3 Å². The van der Waals surface area contributed by atoms with Crippen molar-refractivity contribution in [3.63, 3.8) is 0 Å². The van der Waals surface area contributed by atoms with Crippen LogP contribution in [0.4, 0.5) is 5.00 Å². The summed E-state index contributed by atoms with van der Waals surface area (Å²) in [5.74, 6) is -1.08. The Kier molecular flexibility index (Phi) is 8.13. The Bertz CT molecular complexity index is 1780. The average molecular weight is 587 g/mol. The quantitative estimate of drug-likeness (QED) is 0.180. The Hall–Kier alpha value is -4.55. The zero-order chi connectivity index (χ0) is 29.1. The first-order valence-corrected chi connectivity index (χ1v) is 14.5. The number of hydrogen-bond donors (Lipinski definition) is 2. The van der Waals surface area contributed by atoms with Gasteiger partial charge in [-0.1, -0.05) is 60.3 Å². The molecule has 0 fully saturated rings. The van der Waals surface area contributed by atoms with Crippen molar-refractivity contribution in [3.05, 3.63) is 76.7 Å². The van der Waals surface area contributed by atoms with Gasteiger partial charge in [-0.25, -0.2) is 9.78 Å². The summed E-state index contributed by atoms with van der Waals surface area (Å²) in [6.07, 6.45) is 0. The summed E-state index contributed by atoms with van der Waals surface area (Å²) in [5.41, 5.74) is 9.47. The first-order valence-electron chi connectivity index (χ1n) is 12.7. The van der Waals surface area contributed by atoms with Crippen LogP contribution in [0.15, 0.2) is 65.8 Å². The Morgan fingerprint density at radius 2 is 1.80 bits per heavy atom. The summed E-state index contributed by atoms with van der Waals surface area (Å²) in [4.78, 5) is 42.3. The van der Waals surface area contributed by atoms with Crippen LogP contribution in [0.25, 0.3) is 33.5 Å². The average Bonchev–Trinajstić information content (AvgIpc) is 3.50. The number of esters is 1. The van der Waals surface area contributed by atoms with E-state index in [0.717, 1.165) is 39.1 Å². The van der Waals surface area contributed by atoms with Gasteiger partial charge in [0.1, 0.15) is 5.00 Å². The molecule has 0 aliphatic rings. The third-order valence-electron chi connectivity index (χ3n) is 6.30. The summed E-state index contributed by atoms with van der Waals surface area (Å²) in [5, 5.41) is 13.2. The maximum atomic E-state index is 12.9. The second-order valence-electron chi connectivity index (χ2n) is 8.99. The lowest BCUT2D eigenvalue weighted by molar-refractivity contribution is -0.113. The first-order chi connectivity index (χ1) is 19.8. The molecule has 0 atom stereocenters. The highest BCUT2D eigenvalue weighted by Crippen LogP contribution is 2.35. The van der Waals surface area contributed by atoms with Gasteiger partial charge in [-0.2, -0.15) is 0 Å². The number of ether oxygens (including phenoxy) is 1. The molecule has 0 saturated carbocycles. The minimum Gasteiger partial charge on any atom is -0.462 e. The SMILES string of the molecule is CCOC(=O)c1c(NC(=O)CSc2nnc(-c3cc(-c4ccccc4)nc4ccccc34)n2C)sc(C(N)=O)c1C. The van der Waals surface area contributed by atoms with Crippen molar-refractivity contribution in [2.24, 2.45) is 12.8 Å². The number of nitrogens with one attached hydrogen (secondary N) is 1. The minimum absolute atomic E-state index is 0.0105. The van der Waals surface area contributed by atoms with Crippen molar-refractivity contribution >= 4 is 56.8 Å². The number of primary amides is 1. The summed E-state index contributed by atoms with van der Waals surface area (Å²) >= 11 is 2.14. The number of amides is 2. The number of anilines is 1. The lowest BCUT2D eigenvalue weighted by Gasteiger charge is -2.10. The normalized spacial score (nSPS) is 11.0. The third kappa shape index (κ3) is 5.70. The molecule has 0 saturated heterocycles. The molecule has 3 N–H and O–H groups in total. The van der Waals surface area contributed by atoms with Crippen molar-refractivity contribution in [2.75, 3.05) is 17.7 Å². The van der Waals surface area contributed by atoms with Crippen LogP contribution < -0.4 is 11.1 Å². The number of nitrogens with two attached hydrogens (primary N) is 1. The second-order valence-corrected chi connectivity index (χ2v) is 10.9. The van der Waals surface area contributed by atoms with E-state index in [-0.39, 0.29) is 33.7 Å². The van der Waals surface area contributed by atoms with Gasteiger partial charge in [-0.05, 0) is 31.5 Å². The molecule has 0 spiro atoms. The van der Waals surface area contributed by atoms with Gasteiger partial charge in [-0.3, -0.25) is 9.59 Å². The molecule has 5 aromatic rings. The van der Waals surface area contributed by atoms with E-state index in [0.29, 0.717) is 16.5 Å².